The first-order chi connectivity index (χ1) is 16.4. The molecule has 3 atom stereocenters. The van der Waals surface area contributed by atoms with Crippen molar-refractivity contribution in [3.63, 3.8) is 0 Å². The van der Waals surface area contributed by atoms with E-state index in [4.69, 9.17) is 9.16 Å². The first kappa shape index (κ1) is 27.2. The summed E-state index contributed by atoms with van der Waals surface area (Å²) < 4.78 is 12.3. The van der Waals surface area contributed by atoms with Crippen LogP contribution < -0.4 is 4.74 Å². The average molecular weight is 494 g/mol. The van der Waals surface area contributed by atoms with Crippen molar-refractivity contribution in [3.05, 3.63) is 77.9 Å². The molecule has 0 radical (unpaired) electrons. The molecule has 0 aromatic heterocycles. The monoisotopic (exact) mass is 493 g/mol. The van der Waals surface area contributed by atoms with Crippen LogP contribution in [0.4, 0.5) is 0 Å². The van der Waals surface area contributed by atoms with Gasteiger partial charge in [0.25, 0.3) is 0 Å². The van der Waals surface area contributed by atoms with Crippen molar-refractivity contribution in [2.45, 2.75) is 77.9 Å². The lowest BCUT2D eigenvalue weighted by molar-refractivity contribution is -0.136. The lowest BCUT2D eigenvalue weighted by Crippen LogP contribution is -2.47. The largest absolute Gasteiger partial charge is 0.497 e. The maximum atomic E-state index is 13.9. The molecule has 1 heterocycles. The summed E-state index contributed by atoms with van der Waals surface area (Å²) >= 11 is 0. The minimum atomic E-state index is -2.03. The summed E-state index contributed by atoms with van der Waals surface area (Å²) in [7, 11) is -0.354. The summed E-state index contributed by atoms with van der Waals surface area (Å²) in [5, 5.41) is 0.101. The molecule has 0 spiro atoms. The van der Waals surface area contributed by atoms with Crippen molar-refractivity contribution in [3.8, 4) is 5.75 Å². The molecule has 4 nitrogen and oxygen atoms in total. The molecule has 2 aromatic rings. The summed E-state index contributed by atoms with van der Waals surface area (Å²) in [6.07, 6.45) is 4.82. The highest BCUT2D eigenvalue weighted by molar-refractivity contribution is 6.74. The number of carbonyl (C=O) groups excluding carboxylic acids is 1. The maximum Gasteiger partial charge on any atom is 0.224 e. The second-order valence-electron chi connectivity index (χ2n) is 11.6. The minimum absolute atomic E-state index is 0.0838. The van der Waals surface area contributed by atoms with Crippen LogP contribution in [0.2, 0.25) is 18.1 Å². The molecule has 190 valence electrons. The summed E-state index contributed by atoms with van der Waals surface area (Å²) in [6.45, 7) is 16.4. The molecule has 0 fully saturated rings. The van der Waals surface area contributed by atoms with E-state index in [0.29, 0.717) is 18.9 Å². The van der Waals surface area contributed by atoms with E-state index in [0.717, 1.165) is 16.9 Å². The van der Waals surface area contributed by atoms with Crippen LogP contribution in [0.3, 0.4) is 0 Å². The SMILES string of the molecule is COc1ccc([C@H]2/C=C\[C@H](O[Si](C)(C)C(C)(C)C)[C@H](C(C)C)CC(=O)N2Cc2ccccc2)cc1. The standard InChI is InChI=1S/C30H43NO3Si/c1-22(2)26-20-29(32)31(21-23-12-10-9-11-13-23)27(24-14-16-25(33-6)17-15-24)18-19-28(26)34-35(7,8)30(3,4)5/h9-19,22,26-28H,20-21H2,1-8H3/b19-18-/t26-,27+,28-/m0/s1. The van der Waals surface area contributed by atoms with Gasteiger partial charge in [-0.25, -0.2) is 0 Å². The van der Waals surface area contributed by atoms with Gasteiger partial charge in [0.2, 0.25) is 5.91 Å². The number of methoxy groups -OCH3 is 1. The van der Waals surface area contributed by atoms with E-state index >= 15 is 0 Å². The van der Waals surface area contributed by atoms with E-state index in [9.17, 15) is 4.79 Å². The van der Waals surface area contributed by atoms with Crippen LogP contribution in [-0.2, 0) is 15.8 Å². The van der Waals surface area contributed by atoms with Gasteiger partial charge in [-0.15, -0.1) is 0 Å². The lowest BCUT2D eigenvalue weighted by Gasteiger charge is -2.43. The fraction of sp³-hybridized carbons (Fsp3) is 0.500. The van der Waals surface area contributed by atoms with Crippen LogP contribution in [0.15, 0.2) is 66.7 Å². The van der Waals surface area contributed by atoms with Crippen molar-refractivity contribution < 1.29 is 14.0 Å². The van der Waals surface area contributed by atoms with Gasteiger partial charge in [-0.1, -0.05) is 89.2 Å². The van der Waals surface area contributed by atoms with Gasteiger partial charge in [-0.2, -0.15) is 0 Å². The van der Waals surface area contributed by atoms with Crippen LogP contribution >= 0.6 is 0 Å². The number of nitrogens with zero attached hydrogens (tertiary/aromatic N) is 1. The number of amides is 1. The number of carbonyl (C=O) groups is 1. The van der Waals surface area contributed by atoms with Gasteiger partial charge in [0.05, 0.1) is 19.3 Å². The average Bonchev–Trinajstić information content (AvgIpc) is 2.80. The molecule has 0 saturated carbocycles. The third-order valence-corrected chi connectivity index (χ3v) is 12.2. The van der Waals surface area contributed by atoms with E-state index in [1.807, 2.05) is 35.2 Å². The molecule has 5 heteroatoms. The summed E-state index contributed by atoms with van der Waals surface area (Å²) in [6, 6.07) is 18.1. The normalized spacial score (nSPS) is 22.6. The number of ether oxygens (including phenoxy) is 1. The molecular weight excluding hydrogens is 450 g/mol. The van der Waals surface area contributed by atoms with Crippen LogP contribution in [-0.4, -0.2) is 32.3 Å². The fourth-order valence-electron chi connectivity index (χ4n) is 4.37. The molecule has 2 aromatic carbocycles. The van der Waals surface area contributed by atoms with Gasteiger partial charge in [0.15, 0.2) is 8.32 Å². The molecular formula is C30H43NO3Si. The van der Waals surface area contributed by atoms with Gasteiger partial charge in [-0.3, -0.25) is 4.79 Å². The van der Waals surface area contributed by atoms with E-state index < -0.39 is 8.32 Å². The molecule has 1 aliphatic rings. The van der Waals surface area contributed by atoms with E-state index in [-0.39, 0.29) is 29.0 Å². The van der Waals surface area contributed by atoms with Crippen LogP contribution in [0.25, 0.3) is 0 Å². The maximum absolute atomic E-state index is 13.9. The Balaban J connectivity index is 2.05. The summed E-state index contributed by atoms with van der Waals surface area (Å²) in [5.74, 6) is 1.43. The highest BCUT2D eigenvalue weighted by Crippen LogP contribution is 2.41. The molecule has 0 unspecified atom stereocenters. The molecule has 0 bridgehead atoms. The fourth-order valence-corrected chi connectivity index (χ4v) is 5.66. The predicted molar refractivity (Wildman–Crippen MR) is 147 cm³/mol. The van der Waals surface area contributed by atoms with Crippen molar-refractivity contribution in [1.29, 1.82) is 0 Å². The zero-order valence-electron chi connectivity index (χ0n) is 22.7. The van der Waals surface area contributed by atoms with Crippen molar-refractivity contribution in [2.75, 3.05) is 7.11 Å². The van der Waals surface area contributed by atoms with Gasteiger partial charge < -0.3 is 14.1 Å². The highest BCUT2D eigenvalue weighted by atomic mass is 28.4. The Morgan fingerprint density at radius 2 is 1.63 bits per heavy atom. The lowest BCUT2D eigenvalue weighted by atomic mass is 9.84. The number of benzene rings is 2. The number of rotatable bonds is 7. The van der Waals surface area contributed by atoms with Gasteiger partial charge in [-0.05, 0) is 53.2 Å². The molecule has 0 N–H and O–H groups in total. The zero-order valence-corrected chi connectivity index (χ0v) is 23.7. The Kier molecular flexibility index (Phi) is 8.66. The first-order valence-corrected chi connectivity index (χ1v) is 15.7. The quantitative estimate of drug-likeness (QED) is 0.298. The molecule has 0 aliphatic carbocycles. The molecule has 1 amide bonds. The van der Waals surface area contributed by atoms with Crippen molar-refractivity contribution in [2.24, 2.45) is 11.8 Å². The Labute approximate surface area is 213 Å². The second-order valence-corrected chi connectivity index (χ2v) is 16.3. The van der Waals surface area contributed by atoms with Crippen molar-refractivity contribution in [1.82, 2.24) is 4.90 Å². The Hall–Kier alpha value is -2.37. The zero-order chi connectivity index (χ0) is 25.8. The van der Waals surface area contributed by atoms with Gasteiger partial charge >= 0.3 is 0 Å². The summed E-state index contributed by atoms with van der Waals surface area (Å²) in [4.78, 5) is 15.9. The van der Waals surface area contributed by atoms with Crippen LogP contribution in [0.5, 0.6) is 5.75 Å². The Morgan fingerprint density at radius 1 is 1.00 bits per heavy atom. The Bertz CT molecular complexity index is 993. The number of hydrogen-bond acceptors (Lipinski definition) is 3. The molecule has 35 heavy (non-hydrogen) atoms. The first-order valence-electron chi connectivity index (χ1n) is 12.8. The predicted octanol–water partition coefficient (Wildman–Crippen LogP) is 7.39. The Morgan fingerprint density at radius 3 is 2.17 bits per heavy atom. The third-order valence-electron chi connectivity index (χ3n) is 7.72. The van der Waals surface area contributed by atoms with Crippen LogP contribution in [0.1, 0.15) is 58.2 Å². The molecule has 0 saturated heterocycles. The number of hydrogen-bond donors (Lipinski definition) is 0. The van der Waals surface area contributed by atoms with Crippen molar-refractivity contribution >= 4 is 14.2 Å². The minimum Gasteiger partial charge on any atom is -0.497 e. The smallest absolute Gasteiger partial charge is 0.224 e. The van der Waals surface area contributed by atoms with E-state index in [1.165, 1.54) is 0 Å². The van der Waals surface area contributed by atoms with E-state index in [2.05, 4.69) is 84.1 Å². The van der Waals surface area contributed by atoms with Gasteiger partial charge in [0.1, 0.15) is 5.75 Å². The van der Waals surface area contributed by atoms with Gasteiger partial charge in [0, 0.05) is 13.0 Å². The van der Waals surface area contributed by atoms with E-state index in [1.54, 1.807) is 7.11 Å². The highest BCUT2D eigenvalue weighted by Gasteiger charge is 2.42. The summed E-state index contributed by atoms with van der Waals surface area (Å²) in [5.41, 5.74) is 2.20. The topological polar surface area (TPSA) is 38.8 Å². The van der Waals surface area contributed by atoms with Crippen LogP contribution in [0, 0.1) is 11.8 Å². The second kappa shape index (κ2) is 11.1. The molecule has 1 aliphatic heterocycles. The third kappa shape index (κ3) is 6.65. The molecule has 3 rings (SSSR count).